The molecule has 0 bridgehead atoms. The molecule has 134 valence electrons. The Labute approximate surface area is 147 Å². The number of aryl methyl sites for hydroxylation is 1. The number of amides is 1. The first kappa shape index (κ1) is 17.5. The summed E-state index contributed by atoms with van der Waals surface area (Å²) in [5, 5.41) is 7.33. The highest BCUT2D eigenvalue weighted by molar-refractivity contribution is 5.76. The Morgan fingerprint density at radius 2 is 2.32 bits per heavy atom. The number of nitrogens with zero attached hydrogens (tertiary/aromatic N) is 3. The topological polar surface area (TPSA) is 50.2 Å². The number of hydrogen-bond donors (Lipinski definition) is 1. The summed E-state index contributed by atoms with van der Waals surface area (Å²) in [6.45, 7) is 3.77. The fraction of sp³-hybridized carbons (Fsp3) is 0.474. The van der Waals surface area contributed by atoms with E-state index in [9.17, 15) is 9.18 Å². The van der Waals surface area contributed by atoms with E-state index in [1.807, 2.05) is 32.4 Å². The number of nitrogens with one attached hydrogen (secondary N) is 1. The zero-order valence-corrected chi connectivity index (χ0v) is 14.8. The van der Waals surface area contributed by atoms with Crippen LogP contribution in [0, 0.1) is 11.7 Å². The second-order valence-corrected chi connectivity index (χ2v) is 7.01. The Morgan fingerprint density at radius 1 is 1.48 bits per heavy atom. The lowest BCUT2D eigenvalue weighted by molar-refractivity contribution is -0.122. The van der Waals surface area contributed by atoms with E-state index in [1.165, 1.54) is 12.1 Å². The Balaban J connectivity index is 1.45. The van der Waals surface area contributed by atoms with Crippen molar-refractivity contribution in [1.29, 1.82) is 0 Å². The fourth-order valence-corrected chi connectivity index (χ4v) is 3.43. The van der Waals surface area contributed by atoms with E-state index >= 15 is 0 Å². The van der Waals surface area contributed by atoms with Crippen LogP contribution in [0.3, 0.4) is 0 Å². The van der Waals surface area contributed by atoms with Gasteiger partial charge in [0.05, 0.1) is 11.9 Å². The van der Waals surface area contributed by atoms with E-state index in [2.05, 4.69) is 15.3 Å². The summed E-state index contributed by atoms with van der Waals surface area (Å²) < 4.78 is 15.0. The molecule has 0 aliphatic carbocycles. The predicted molar refractivity (Wildman–Crippen MR) is 95.9 cm³/mol. The number of anilines is 1. The molecule has 1 fully saturated rings. The maximum Gasteiger partial charge on any atom is 0.220 e. The van der Waals surface area contributed by atoms with E-state index < -0.39 is 0 Å². The predicted octanol–water partition coefficient (Wildman–Crippen LogP) is 2.52. The van der Waals surface area contributed by atoms with E-state index in [4.69, 9.17) is 0 Å². The Bertz CT molecular complexity index is 730. The first-order valence-electron chi connectivity index (χ1n) is 8.77. The van der Waals surface area contributed by atoms with Gasteiger partial charge in [-0.05, 0) is 36.5 Å². The van der Waals surface area contributed by atoms with Gasteiger partial charge in [-0.2, -0.15) is 5.10 Å². The van der Waals surface area contributed by atoms with Crippen LogP contribution >= 0.6 is 0 Å². The number of carbonyl (C=O) groups is 1. The molecule has 1 aliphatic heterocycles. The van der Waals surface area contributed by atoms with Crippen molar-refractivity contribution in [2.45, 2.75) is 32.2 Å². The van der Waals surface area contributed by atoms with Crippen LogP contribution in [0.15, 0.2) is 36.7 Å². The molecular formula is C19H25FN4O. The Kier molecular flexibility index (Phi) is 5.36. The SMILES string of the molecule is CC(CC(=O)NC1CCN(c2cnn(C)c2)C1)Cc1cccc(F)c1. The van der Waals surface area contributed by atoms with Crippen molar-refractivity contribution in [2.24, 2.45) is 13.0 Å². The summed E-state index contributed by atoms with van der Waals surface area (Å²) in [6.07, 6.45) is 5.95. The molecule has 1 N–H and O–H groups in total. The van der Waals surface area contributed by atoms with Gasteiger partial charge < -0.3 is 10.2 Å². The quantitative estimate of drug-likeness (QED) is 0.876. The average molecular weight is 344 g/mol. The van der Waals surface area contributed by atoms with E-state index in [0.29, 0.717) is 12.8 Å². The Hall–Kier alpha value is -2.37. The van der Waals surface area contributed by atoms with Crippen LogP contribution in [0.2, 0.25) is 0 Å². The van der Waals surface area contributed by atoms with Crippen molar-refractivity contribution in [3.8, 4) is 0 Å². The minimum absolute atomic E-state index is 0.0712. The molecule has 2 unspecified atom stereocenters. The van der Waals surface area contributed by atoms with Gasteiger partial charge in [-0.25, -0.2) is 4.39 Å². The normalized spacial score (nSPS) is 18.4. The molecule has 2 heterocycles. The summed E-state index contributed by atoms with van der Waals surface area (Å²) in [5.41, 5.74) is 2.03. The third-order valence-electron chi connectivity index (χ3n) is 4.62. The molecule has 1 amide bonds. The lowest BCUT2D eigenvalue weighted by Crippen LogP contribution is -2.37. The second-order valence-electron chi connectivity index (χ2n) is 7.01. The summed E-state index contributed by atoms with van der Waals surface area (Å²) in [6, 6.07) is 6.77. The largest absolute Gasteiger partial charge is 0.367 e. The molecule has 2 atom stereocenters. The third-order valence-corrected chi connectivity index (χ3v) is 4.62. The number of benzene rings is 1. The number of aromatic nitrogens is 2. The number of hydrogen-bond acceptors (Lipinski definition) is 3. The van der Waals surface area contributed by atoms with Gasteiger partial charge in [0.15, 0.2) is 0 Å². The average Bonchev–Trinajstić information content (AvgIpc) is 3.16. The van der Waals surface area contributed by atoms with Gasteiger partial charge in [0.25, 0.3) is 0 Å². The molecule has 25 heavy (non-hydrogen) atoms. The van der Waals surface area contributed by atoms with Gasteiger partial charge in [0.1, 0.15) is 5.82 Å². The number of halogens is 1. The highest BCUT2D eigenvalue weighted by Gasteiger charge is 2.25. The van der Waals surface area contributed by atoms with Crippen molar-refractivity contribution in [3.63, 3.8) is 0 Å². The molecule has 2 aromatic rings. The van der Waals surface area contributed by atoms with Crippen LogP contribution < -0.4 is 10.2 Å². The van der Waals surface area contributed by atoms with Crippen molar-refractivity contribution < 1.29 is 9.18 Å². The van der Waals surface area contributed by atoms with Crippen LogP contribution in [-0.2, 0) is 18.3 Å². The van der Waals surface area contributed by atoms with Gasteiger partial charge >= 0.3 is 0 Å². The maximum atomic E-state index is 13.2. The molecule has 0 saturated carbocycles. The van der Waals surface area contributed by atoms with Crippen molar-refractivity contribution in [1.82, 2.24) is 15.1 Å². The van der Waals surface area contributed by atoms with E-state index in [1.54, 1.807) is 10.7 Å². The van der Waals surface area contributed by atoms with Gasteiger partial charge in [-0.15, -0.1) is 0 Å². The molecule has 5 nitrogen and oxygen atoms in total. The summed E-state index contributed by atoms with van der Waals surface area (Å²) in [7, 11) is 1.90. The van der Waals surface area contributed by atoms with E-state index in [-0.39, 0.29) is 23.7 Å². The minimum Gasteiger partial charge on any atom is -0.367 e. The van der Waals surface area contributed by atoms with Crippen LogP contribution in [0.25, 0.3) is 0 Å². The molecule has 0 spiro atoms. The first-order chi connectivity index (χ1) is 12.0. The lowest BCUT2D eigenvalue weighted by Gasteiger charge is -2.18. The molecule has 6 heteroatoms. The summed E-state index contributed by atoms with van der Waals surface area (Å²) in [4.78, 5) is 14.5. The first-order valence-corrected chi connectivity index (χ1v) is 8.77. The van der Waals surface area contributed by atoms with E-state index in [0.717, 1.165) is 30.8 Å². The highest BCUT2D eigenvalue weighted by atomic mass is 19.1. The fourth-order valence-electron chi connectivity index (χ4n) is 3.43. The molecule has 1 saturated heterocycles. The van der Waals surface area contributed by atoms with Crippen LogP contribution in [0.1, 0.15) is 25.3 Å². The highest BCUT2D eigenvalue weighted by Crippen LogP contribution is 2.20. The molecular weight excluding hydrogens is 319 g/mol. The van der Waals surface area contributed by atoms with Crippen molar-refractivity contribution >= 4 is 11.6 Å². The number of carbonyl (C=O) groups excluding carboxylic acids is 1. The minimum atomic E-state index is -0.226. The maximum absolute atomic E-state index is 13.2. The monoisotopic (exact) mass is 344 g/mol. The zero-order valence-electron chi connectivity index (χ0n) is 14.8. The lowest BCUT2D eigenvalue weighted by atomic mass is 9.97. The zero-order chi connectivity index (χ0) is 17.8. The van der Waals surface area contributed by atoms with Crippen LogP contribution in [0.4, 0.5) is 10.1 Å². The standard InChI is InChI=1S/C19H25FN4O/c1-14(8-15-4-3-5-16(20)10-15)9-19(25)22-17-6-7-24(12-17)18-11-21-23(2)13-18/h3-5,10-11,13-14,17H,6-9,12H2,1-2H3,(H,22,25). The van der Waals surface area contributed by atoms with Gasteiger partial charge in [-0.3, -0.25) is 9.48 Å². The molecule has 3 rings (SSSR count). The molecule has 1 aliphatic rings. The summed E-state index contributed by atoms with van der Waals surface area (Å²) in [5.74, 6) is 0.0233. The second kappa shape index (κ2) is 7.68. The summed E-state index contributed by atoms with van der Waals surface area (Å²) >= 11 is 0. The smallest absolute Gasteiger partial charge is 0.220 e. The van der Waals surface area contributed by atoms with Crippen LogP contribution in [-0.4, -0.2) is 34.8 Å². The number of rotatable bonds is 6. The van der Waals surface area contributed by atoms with Crippen molar-refractivity contribution in [3.05, 3.63) is 48.0 Å². The molecule has 0 radical (unpaired) electrons. The van der Waals surface area contributed by atoms with Gasteiger partial charge in [0.2, 0.25) is 5.91 Å². The van der Waals surface area contributed by atoms with Gasteiger partial charge in [-0.1, -0.05) is 19.1 Å². The molecule has 1 aromatic heterocycles. The molecule has 1 aromatic carbocycles. The third kappa shape index (κ3) is 4.81. The van der Waals surface area contributed by atoms with Crippen molar-refractivity contribution in [2.75, 3.05) is 18.0 Å². The van der Waals surface area contributed by atoms with Crippen LogP contribution in [0.5, 0.6) is 0 Å². The Morgan fingerprint density at radius 3 is 3.04 bits per heavy atom. The van der Waals surface area contributed by atoms with Gasteiger partial charge in [0, 0.05) is 38.8 Å².